The third kappa shape index (κ3) is 2.85. The highest BCUT2D eigenvalue weighted by Gasteiger charge is 2.26. The molecule has 0 saturated carbocycles. The standard InChI is InChI=1S/C20H18N4O/c1-23(16-8-3-2-4-9-16)19-13-17(21-14-22-19)20(25)24-12-11-15-7-5-6-10-18(15)24/h2-10,13-14H,11-12H2,1H3. The number of benzene rings is 2. The summed E-state index contributed by atoms with van der Waals surface area (Å²) in [6, 6.07) is 19.7. The van der Waals surface area contributed by atoms with Crippen molar-refractivity contribution < 1.29 is 4.79 Å². The van der Waals surface area contributed by atoms with Crippen LogP contribution in [0.5, 0.6) is 0 Å². The van der Waals surface area contributed by atoms with Crippen LogP contribution in [0.15, 0.2) is 67.0 Å². The highest BCUT2D eigenvalue weighted by molar-refractivity contribution is 6.06. The third-order valence-corrected chi connectivity index (χ3v) is 4.49. The minimum Gasteiger partial charge on any atom is -0.329 e. The van der Waals surface area contributed by atoms with Gasteiger partial charge in [0, 0.05) is 31.0 Å². The summed E-state index contributed by atoms with van der Waals surface area (Å²) in [6.07, 6.45) is 2.33. The van der Waals surface area contributed by atoms with Crippen LogP contribution >= 0.6 is 0 Å². The van der Waals surface area contributed by atoms with E-state index in [0.29, 0.717) is 18.1 Å². The van der Waals surface area contributed by atoms with Crippen LogP contribution in [0.3, 0.4) is 0 Å². The fourth-order valence-corrected chi connectivity index (χ4v) is 3.12. The summed E-state index contributed by atoms with van der Waals surface area (Å²) >= 11 is 0. The first-order valence-electron chi connectivity index (χ1n) is 8.24. The van der Waals surface area contributed by atoms with Gasteiger partial charge < -0.3 is 9.80 Å². The number of hydrogen-bond donors (Lipinski definition) is 0. The maximum Gasteiger partial charge on any atom is 0.277 e. The summed E-state index contributed by atoms with van der Waals surface area (Å²) in [7, 11) is 1.93. The molecule has 0 radical (unpaired) electrons. The predicted molar refractivity (Wildman–Crippen MR) is 98.4 cm³/mol. The lowest BCUT2D eigenvalue weighted by molar-refractivity contribution is 0.0984. The lowest BCUT2D eigenvalue weighted by Gasteiger charge is -2.20. The van der Waals surface area contributed by atoms with E-state index in [1.54, 1.807) is 11.0 Å². The average Bonchev–Trinajstić information content (AvgIpc) is 3.12. The molecule has 0 atom stereocenters. The van der Waals surface area contributed by atoms with Gasteiger partial charge in [0.2, 0.25) is 0 Å². The van der Waals surface area contributed by atoms with E-state index in [9.17, 15) is 4.79 Å². The molecule has 4 rings (SSSR count). The molecule has 3 aromatic rings. The highest BCUT2D eigenvalue weighted by Crippen LogP contribution is 2.29. The fraction of sp³-hybridized carbons (Fsp3) is 0.150. The van der Waals surface area contributed by atoms with Crippen LogP contribution in [-0.4, -0.2) is 29.5 Å². The molecule has 1 aliphatic heterocycles. The van der Waals surface area contributed by atoms with Gasteiger partial charge in [-0.05, 0) is 30.2 Å². The normalized spacial score (nSPS) is 12.8. The number of aromatic nitrogens is 2. The lowest BCUT2D eigenvalue weighted by Crippen LogP contribution is -2.30. The molecule has 1 amide bonds. The van der Waals surface area contributed by atoms with E-state index in [4.69, 9.17) is 0 Å². The molecule has 1 aliphatic rings. The van der Waals surface area contributed by atoms with E-state index >= 15 is 0 Å². The van der Waals surface area contributed by atoms with Crippen molar-refractivity contribution in [3.8, 4) is 0 Å². The molecule has 0 saturated heterocycles. The molecule has 2 aromatic carbocycles. The minimum atomic E-state index is -0.0879. The number of carbonyl (C=O) groups is 1. The smallest absolute Gasteiger partial charge is 0.277 e. The van der Waals surface area contributed by atoms with Gasteiger partial charge in [-0.1, -0.05) is 36.4 Å². The summed E-state index contributed by atoms with van der Waals surface area (Å²) in [5, 5.41) is 0. The van der Waals surface area contributed by atoms with Crippen LogP contribution in [0.1, 0.15) is 16.1 Å². The second kappa shape index (κ2) is 6.36. The Hall–Kier alpha value is -3.21. The molecule has 0 bridgehead atoms. The van der Waals surface area contributed by atoms with Gasteiger partial charge in [0.25, 0.3) is 5.91 Å². The molecule has 25 heavy (non-hydrogen) atoms. The van der Waals surface area contributed by atoms with E-state index in [1.807, 2.05) is 60.5 Å². The second-order valence-electron chi connectivity index (χ2n) is 5.99. The number of nitrogens with zero attached hydrogens (tertiary/aromatic N) is 4. The SMILES string of the molecule is CN(c1ccccc1)c1cc(C(=O)N2CCc3ccccc32)ncn1. The summed E-state index contributed by atoms with van der Waals surface area (Å²) < 4.78 is 0. The molecule has 0 N–H and O–H groups in total. The average molecular weight is 330 g/mol. The van der Waals surface area contributed by atoms with Crippen molar-refractivity contribution in [2.75, 3.05) is 23.4 Å². The monoisotopic (exact) mass is 330 g/mol. The van der Waals surface area contributed by atoms with Crippen LogP contribution in [0.2, 0.25) is 0 Å². The number of fused-ring (bicyclic) bond motifs is 1. The molecular weight excluding hydrogens is 312 g/mol. The first kappa shape index (κ1) is 15.3. The van der Waals surface area contributed by atoms with Gasteiger partial charge in [-0.2, -0.15) is 0 Å². The van der Waals surface area contributed by atoms with Crippen molar-refractivity contribution in [3.63, 3.8) is 0 Å². The van der Waals surface area contributed by atoms with Crippen molar-refractivity contribution in [2.24, 2.45) is 0 Å². The summed E-state index contributed by atoms with van der Waals surface area (Å²) in [4.78, 5) is 25.2. The van der Waals surface area contributed by atoms with Gasteiger partial charge in [-0.3, -0.25) is 4.79 Å². The van der Waals surface area contributed by atoms with Crippen molar-refractivity contribution in [1.82, 2.24) is 9.97 Å². The van der Waals surface area contributed by atoms with Crippen LogP contribution in [0, 0.1) is 0 Å². The minimum absolute atomic E-state index is 0.0879. The highest BCUT2D eigenvalue weighted by atomic mass is 16.2. The first-order chi connectivity index (χ1) is 12.2. The predicted octanol–water partition coefficient (Wildman–Crippen LogP) is 3.45. The Bertz CT molecular complexity index is 910. The van der Waals surface area contributed by atoms with E-state index in [2.05, 4.69) is 16.0 Å². The van der Waals surface area contributed by atoms with Crippen molar-refractivity contribution in [3.05, 3.63) is 78.2 Å². The molecular formula is C20H18N4O. The molecule has 0 spiro atoms. The fourth-order valence-electron chi connectivity index (χ4n) is 3.12. The number of anilines is 3. The van der Waals surface area contributed by atoms with Gasteiger partial charge >= 0.3 is 0 Å². The maximum absolute atomic E-state index is 12.9. The zero-order valence-corrected chi connectivity index (χ0v) is 14.0. The molecule has 0 fully saturated rings. The van der Waals surface area contributed by atoms with E-state index in [1.165, 1.54) is 11.9 Å². The number of hydrogen-bond acceptors (Lipinski definition) is 4. The van der Waals surface area contributed by atoms with E-state index < -0.39 is 0 Å². The summed E-state index contributed by atoms with van der Waals surface area (Å²) in [5.74, 6) is 0.604. The second-order valence-corrected chi connectivity index (χ2v) is 5.99. The molecule has 2 heterocycles. The zero-order chi connectivity index (χ0) is 17.2. The van der Waals surface area contributed by atoms with Gasteiger partial charge in [0.1, 0.15) is 17.8 Å². The summed E-state index contributed by atoms with van der Waals surface area (Å²) in [5.41, 5.74) is 3.59. The Morgan fingerprint density at radius 3 is 2.64 bits per heavy atom. The quantitative estimate of drug-likeness (QED) is 0.738. The molecule has 0 unspecified atom stereocenters. The van der Waals surface area contributed by atoms with Crippen LogP contribution in [-0.2, 0) is 6.42 Å². The van der Waals surface area contributed by atoms with Gasteiger partial charge in [-0.25, -0.2) is 9.97 Å². The number of rotatable bonds is 3. The maximum atomic E-state index is 12.9. The van der Waals surface area contributed by atoms with Crippen molar-refractivity contribution in [2.45, 2.75) is 6.42 Å². The van der Waals surface area contributed by atoms with Gasteiger partial charge in [0.15, 0.2) is 0 Å². The van der Waals surface area contributed by atoms with Crippen LogP contribution < -0.4 is 9.80 Å². The first-order valence-corrected chi connectivity index (χ1v) is 8.24. The largest absolute Gasteiger partial charge is 0.329 e. The Kier molecular flexibility index (Phi) is 3.90. The molecule has 0 aliphatic carbocycles. The molecule has 1 aromatic heterocycles. The molecule has 124 valence electrons. The van der Waals surface area contributed by atoms with Gasteiger partial charge in [-0.15, -0.1) is 0 Å². The Morgan fingerprint density at radius 1 is 1.04 bits per heavy atom. The Morgan fingerprint density at radius 2 is 1.80 bits per heavy atom. The van der Waals surface area contributed by atoms with Crippen molar-refractivity contribution >= 4 is 23.1 Å². The van der Waals surface area contributed by atoms with E-state index in [0.717, 1.165) is 17.8 Å². The number of para-hydroxylation sites is 2. The summed E-state index contributed by atoms with van der Waals surface area (Å²) in [6.45, 7) is 0.687. The molecule has 5 nitrogen and oxygen atoms in total. The lowest BCUT2D eigenvalue weighted by atomic mass is 10.2. The van der Waals surface area contributed by atoms with E-state index in [-0.39, 0.29) is 5.91 Å². The topological polar surface area (TPSA) is 49.3 Å². The Balaban J connectivity index is 1.63. The Labute approximate surface area is 146 Å². The third-order valence-electron chi connectivity index (χ3n) is 4.49. The zero-order valence-electron chi connectivity index (χ0n) is 14.0. The van der Waals surface area contributed by atoms with Crippen molar-refractivity contribution in [1.29, 1.82) is 0 Å². The van der Waals surface area contributed by atoms with Gasteiger partial charge in [0.05, 0.1) is 0 Å². The number of amides is 1. The van der Waals surface area contributed by atoms with Crippen LogP contribution in [0.4, 0.5) is 17.2 Å². The number of carbonyl (C=O) groups excluding carboxylic acids is 1. The van der Waals surface area contributed by atoms with Crippen LogP contribution in [0.25, 0.3) is 0 Å². The molecule has 5 heteroatoms.